The maximum Gasteiger partial charge on any atom is 0.326 e. The van der Waals surface area contributed by atoms with Crippen LogP contribution in [0.1, 0.15) is 52.5 Å². The number of carboxylic acids is 1. The van der Waals surface area contributed by atoms with Gasteiger partial charge in [0.25, 0.3) is 0 Å². The molecule has 2 rings (SSSR count). The van der Waals surface area contributed by atoms with Crippen molar-refractivity contribution in [2.45, 2.75) is 77.5 Å². The Morgan fingerprint density at radius 2 is 1.56 bits per heavy atom. The van der Waals surface area contributed by atoms with Crippen LogP contribution in [0.25, 0.3) is 10.9 Å². The molecular formula is C27H40N6O6. The van der Waals surface area contributed by atoms with E-state index in [1.807, 2.05) is 38.1 Å². The molecule has 9 N–H and O–H groups in total. The zero-order valence-electron chi connectivity index (χ0n) is 22.8. The van der Waals surface area contributed by atoms with E-state index >= 15 is 0 Å². The summed E-state index contributed by atoms with van der Waals surface area (Å²) in [6.07, 6.45) is 1.87. The third-order valence-electron chi connectivity index (χ3n) is 6.33. The molecule has 0 aliphatic heterocycles. The molecule has 4 amide bonds. The number of carboxylic acid groups (broad SMARTS) is 1. The van der Waals surface area contributed by atoms with Crippen LogP contribution in [0.2, 0.25) is 0 Å². The van der Waals surface area contributed by atoms with E-state index in [9.17, 15) is 29.1 Å². The number of nitrogens with one attached hydrogen (secondary N) is 4. The van der Waals surface area contributed by atoms with Crippen molar-refractivity contribution >= 4 is 40.5 Å². The zero-order valence-corrected chi connectivity index (χ0v) is 22.8. The molecule has 0 aliphatic rings. The minimum atomic E-state index is -1.35. The molecule has 4 atom stereocenters. The van der Waals surface area contributed by atoms with E-state index in [4.69, 9.17) is 11.5 Å². The molecule has 214 valence electrons. The predicted molar refractivity (Wildman–Crippen MR) is 146 cm³/mol. The number of fused-ring (bicyclic) bond motifs is 1. The molecule has 1 aromatic carbocycles. The topological polar surface area (TPSA) is 209 Å². The molecule has 12 heteroatoms. The maximum absolute atomic E-state index is 13.2. The quantitative estimate of drug-likeness (QED) is 0.169. The summed E-state index contributed by atoms with van der Waals surface area (Å²) in [6.45, 7) is 7.19. The number of para-hydroxylation sites is 1. The third kappa shape index (κ3) is 9.40. The van der Waals surface area contributed by atoms with Crippen molar-refractivity contribution in [2.24, 2.45) is 23.3 Å². The van der Waals surface area contributed by atoms with Gasteiger partial charge in [-0.2, -0.15) is 0 Å². The fraction of sp³-hybridized carbons (Fsp3) is 0.519. The van der Waals surface area contributed by atoms with Gasteiger partial charge in [-0.15, -0.1) is 0 Å². The molecule has 0 saturated heterocycles. The molecule has 1 aromatic heterocycles. The van der Waals surface area contributed by atoms with Crippen LogP contribution in [0, 0.1) is 11.8 Å². The van der Waals surface area contributed by atoms with Gasteiger partial charge >= 0.3 is 5.97 Å². The van der Waals surface area contributed by atoms with Crippen LogP contribution in [0.4, 0.5) is 0 Å². The second kappa shape index (κ2) is 14.3. The van der Waals surface area contributed by atoms with E-state index in [1.54, 1.807) is 20.0 Å². The van der Waals surface area contributed by atoms with Gasteiger partial charge < -0.3 is 37.5 Å². The minimum absolute atomic E-state index is 0.0216. The van der Waals surface area contributed by atoms with Gasteiger partial charge in [-0.05, 0) is 42.7 Å². The Hall–Kier alpha value is -3.93. The third-order valence-corrected chi connectivity index (χ3v) is 6.33. The molecule has 2 aromatic rings. The molecule has 0 fully saturated rings. The Morgan fingerprint density at radius 1 is 0.923 bits per heavy atom. The Kier molecular flexibility index (Phi) is 11.5. The van der Waals surface area contributed by atoms with Crippen LogP contribution in [0.5, 0.6) is 0 Å². The van der Waals surface area contributed by atoms with Gasteiger partial charge in [0, 0.05) is 23.5 Å². The fourth-order valence-corrected chi connectivity index (χ4v) is 4.21. The van der Waals surface area contributed by atoms with Crippen molar-refractivity contribution in [3.05, 3.63) is 36.0 Å². The first-order valence-electron chi connectivity index (χ1n) is 13.0. The number of nitrogens with two attached hydrogens (primary N) is 2. The number of hydrogen-bond acceptors (Lipinski definition) is 6. The summed E-state index contributed by atoms with van der Waals surface area (Å²) in [5.41, 5.74) is 13.1. The number of amides is 4. The highest BCUT2D eigenvalue weighted by Crippen LogP contribution is 2.19. The van der Waals surface area contributed by atoms with E-state index < -0.39 is 53.8 Å². The average molecular weight is 545 g/mol. The zero-order chi connectivity index (χ0) is 29.3. The van der Waals surface area contributed by atoms with E-state index in [1.165, 1.54) is 0 Å². The lowest BCUT2D eigenvalue weighted by molar-refractivity contribution is -0.142. The Morgan fingerprint density at radius 3 is 2.15 bits per heavy atom. The van der Waals surface area contributed by atoms with Crippen LogP contribution in [-0.2, 0) is 30.4 Å². The monoisotopic (exact) mass is 544 g/mol. The van der Waals surface area contributed by atoms with Crippen molar-refractivity contribution in [2.75, 3.05) is 0 Å². The summed E-state index contributed by atoms with van der Waals surface area (Å²) in [4.78, 5) is 64.9. The molecule has 39 heavy (non-hydrogen) atoms. The van der Waals surface area contributed by atoms with Crippen LogP contribution in [0.3, 0.4) is 0 Å². The second-order valence-corrected chi connectivity index (χ2v) is 10.5. The summed E-state index contributed by atoms with van der Waals surface area (Å²) < 4.78 is 0. The predicted octanol–water partition coefficient (Wildman–Crippen LogP) is 0.544. The molecular weight excluding hydrogens is 504 g/mol. The van der Waals surface area contributed by atoms with E-state index in [0.717, 1.165) is 16.5 Å². The molecule has 0 spiro atoms. The first-order valence-corrected chi connectivity index (χ1v) is 13.0. The lowest BCUT2D eigenvalue weighted by atomic mass is 9.98. The number of H-pyrrole nitrogens is 1. The molecule has 1 heterocycles. The second-order valence-electron chi connectivity index (χ2n) is 10.5. The van der Waals surface area contributed by atoms with Crippen LogP contribution < -0.4 is 27.4 Å². The molecule has 4 unspecified atom stereocenters. The summed E-state index contributed by atoms with van der Waals surface area (Å²) in [5.74, 6) is -4.19. The summed E-state index contributed by atoms with van der Waals surface area (Å²) >= 11 is 0. The largest absolute Gasteiger partial charge is 0.480 e. The smallest absolute Gasteiger partial charge is 0.326 e. The number of primary amides is 1. The van der Waals surface area contributed by atoms with Gasteiger partial charge in [0.1, 0.15) is 18.1 Å². The first-order chi connectivity index (χ1) is 18.3. The Balaban J connectivity index is 2.10. The first kappa shape index (κ1) is 31.3. The number of aliphatic carboxylic acids is 1. The number of aromatic nitrogens is 1. The summed E-state index contributed by atoms with van der Waals surface area (Å²) in [5, 5.41) is 18.1. The highest BCUT2D eigenvalue weighted by atomic mass is 16.4. The van der Waals surface area contributed by atoms with Gasteiger partial charge in [0.15, 0.2) is 0 Å². The molecule has 0 bridgehead atoms. The van der Waals surface area contributed by atoms with Crippen LogP contribution >= 0.6 is 0 Å². The fourth-order valence-electron chi connectivity index (χ4n) is 4.21. The van der Waals surface area contributed by atoms with Crippen LogP contribution in [0.15, 0.2) is 30.5 Å². The number of benzene rings is 1. The normalized spacial score (nSPS) is 14.4. The number of aromatic amines is 1. The van der Waals surface area contributed by atoms with Crippen molar-refractivity contribution < 1.29 is 29.1 Å². The Labute approximate surface area is 227 Å². The summed E-state index contributed by atoms with van der Waals surface area (Å²) in [6, 6.07) is 3.32. The van der Waals surface area contributed by atoms with Gasteiger partial charge in [0.05, 0.1) is 6.04 Å². The lowest BCUT2D eigenvalue weighted by Gasteiger charge is -2.27. The summed E-state index contributed by atoms with van der Waals surface area (Å²) in [7, 11) is 0. The Bertz CT molecular complexity index is 1180. The molecule has 0 saturated carbocycles. The van der Waals surface area contributed by atoms with E-state index in [-0.39, 0.29) is 37.5 Å². The van der Waals surface area contributed by atoms with Crippen molar-refractivity contribution in [1.82, 2.24) is 20.9 Å². The number of hydrogen-bond donors (Lipinski definition) is 7. The van der Waals surface area contributed by atoms with Crippen molar-refractivity contribution in [3.8, 4) is 0 Å². The highest BCUT2D eigenvalue weighted by Gasteiger charge is 2.32. The standard InChI is InChI=1S/C27H40N6O6/c1-14(2)11-21(25(36)31-20(27(38)39)9-10-22(29)34)32-26(37)23(15(3)4)33-24(35)18(28)12-16-13-30-19-8-6-5-7-17(16)19/h5-8,13-15,18,20-21,23,30H,9-12,28H2,1-4H3,(H2,29,34)(H,31,36)(H,32,37)(H,33,35)(H,38,39). The van der Waals surface area contributed by atoms with Gasteiger partial charge in [-0.3, -0.25) is 19.2 Å². The van der Waals surface area contributed by atoms with E-state index in [0.29, 0.717) is 0 Å². The van der Waals surface area contributed by atoms with Crippen LogP contribution in [-0.4, -0.2) is 63.9 Å². The average Bonchev–Trinajstić information content (AvgIpc) is 3.26. The maximum atomic E-state index is 13.2. The minimum Gasteiger partial charge on any atom is -0.480 e. The number of carbonyl (C=O) groups is 5. The van der Waals surface area contributed by atoms with Gasteiger partial charge in [-0.25, -0.2) is 4.79 Å². The van der Waals surface area contributed by atoms with Crippen molar-refractivity contribution in [1.29, 1.82) is 0 Å². The van der Waals surface area contributed by atoms with E-state index in [2.05, 4.69) is 20.9 Å². The molecule has 0 aliphatic carbocycles. The highest BCUT2D eigenvalue weighted by molar-refractivity contribution is 5.94. The van der Waals surface area contributed by atoms with Gasteiger partial charge in [-0.1, -0.05) is 45.9 Å². The van der Waals surface area contributed by atoms with Crippen molar-refractivity contribution in [3.63, 3.8) is 0 Å². The van der Waals surface area contributed by atoms with Gasteiger partial charge in [0.2, 0.25) is 23.6 Å². The SMILES string of the molecule is CC(C)CC(NC(=O)C(NC(=O)C(N)Cc1c[nH]c2ccccc12)C(C)C)C(=O)NC(CCC(N)=O)C(=O)O. The molecule has 0 radical (unpaired) electrons. The number of carbonyl (C=O) groups excluding carboxylic acids is 4. The number of rotatable bonds is 15. The lowest BCUT2D eigenvalue weighted by Crippen LogP contribution is -2.58. The molecule has 12 nitrogen and oxygen atoms in total.